The topological polar surface area (TPSA) is 46.5 Å². The lowest BCUT2D eigenvalue weighted by atomic mass is 9.77. The summed E-state index contributed by atoms with van der Waals surface area (Å²) < 4.78 is 5.62. The highest BCUT2D eigenvalue weighted by Crippen LogP contribution is 2.34. The van der Waals surface area contributed by atoms with Crippen molar-refractivity contribution in [3.63, 3.8) is 0 Å². The Morgan fingerprint density at radius 2 is 1.93 bits per heavy atom. The maximum absolute atomic E-state index is 11.6. The van der Waals surface area contributed by atoms with E-state index in [0.29, 0.717) is 18.3 Å². The number of esters is 1. The average Bonchev–Trinajstić information content (AvgIpc) is 2.68. The van der Waals surface area contributed by atoms with Crippen LogP contribution >= 0.6 is 0 Å². The summed E-state index contributed by atoms with van der Waals surface area (Å²) in [6, 6.07) is 0. The van der Waals surface area contributed by atoms with Crippen molar-refractivity contribution < 1.29 is 14.6 Å². The Hall–Kier alpha value is -1.35. The zero-order chi connectivity index (χ0) is 19.3. The Balaban J connectivity index is 1.71. The fourth-order valence-corrected chi connectivity index (χ4v) is 4.17. The molecule has 3 nitrogen and oxygen atoms in total. The second-order valence-corrected chi connectivity index (χ2v) is 8.08. The van der Waals surface area contributed by atoms with Crippen molar-refractivity contribution in [2.45, 2.75) is 96.2 Å². The minimum Gasteiger partial charge on any atom is -0.462 e. The van der Waals surface area contributed by atoms with Gasteiger partial charge in [-0.3, -0.25) is 4.79 Å². The molecule has 1 fully saturated rings. The molecule has 0 aromatic heterocycles. The number of rotatable bonds is 11. The first-order valence-corrected chi connectivity index (χ1v) is 11.1. The Labute approximate surface area is 165 Å². The molecule has 1 aliphatic heterocycles. The Kier molecular flexibility index (Phi) is 10.5. The lowest BCUT2D eigenvalue weighted by Gasteiger charge is -2.35. The highest BCUT2D eigenvalue weighted by molar-refractivity contribution is 5.70. The predicted molar refractivity (Wildman–Crippen MR) is 111 cm³/mol. The monoisotopic (exact) mass is 374 g/mol. The number of hydrogen-bond donors (Lipinski definition) is 1. The summed E-state index contributed by atoms with van der Waals surface area (Å²) in [5, 5.41) is 10.1. The first kappa shape index (κ1) is 21.9. The third-order valence-electron chi connectivity index (χ3n) is 5.82. The molecular weight excluding hydrogens is 336 g/mol. The fourth-order valence-electron chi connectivity index (χ4n) is 4.17. The van der Waals surface area contributed by atoms with Gasteiger partial charge in [-0.1, -0.05) is 81.9 Å². The van der Waals surface area contributed by atoms with Crippen LogP contribution in [0.1, 0.15) is 84.0 Å². The quantitative estimate of drug-likeness (QED) is 0.212. The van der Waals surface area contributed by atoms with Crippen LogP contribution < -0.4 is 0 Å². The molecule has 4 atom stereocenters. The van der Waals surface area contributed by atoms with Crippen molar-refractivity contribution in [3.8, 4) is 0 Å². The van der Waals surface area contributed by atoms with Gasteiger partial charge in [0, 0.05) is 12.3 Å². The van der Waals surface area contributed by atoms with Gasteiger partial charge in [-0.15, -0.1) is 0 Å². The van der Waals surface area contributed by atoms with Gasteiger partial charge < -0.3 is 9.84 Å². The fraction of sp³-hybridized carbons (Fsp3) is 0.708. The lowest BCUT2D eigenvalue weighted by Crippen LogP contribution is -2.35. The molecule has 4 unspecified atom stereocenters. The van der Waals surface area contributed by atoms with Crippen LogP contribution in [0.15, 0.2) is 36.5 Å². The number of aliphatic hydroxyl groups is 1. The highest BCUT2D eigenvalue weighted by Gasteiger charge is 2.33. The van der Waals surface area contributed by atoms with Gasteiger partial charge in [0.15, 0.2) is 0 Å². The number of unbranched alkanes of at least 4 members (excludes halogenated alkanes) is 5. The average molecular weight is 375 g/mol. The first-order valence-electron chi connectivity index (χ1n) is 11.1. The van der Waals surface area contributed by atoms with E-state index in [2.05, 4.69) is 31.2 Å². The van der Waals surface area contributed by atoms with E-state index in [1.54, 1.807) is 0 Å². The van der Waals surface area contributed by atoms with Crippen LogP contribution in [-0.4, -0.2) is 23.3 Å². The Morgan fingerprint density at radius 3 is 2.74 bits per heavy atom. The van der Waals surface area contributed by atoms with Gasteiger partial charge in [-0.25, -0.2) is 0 Å². The summed E-state index contributed by atoms with van der Waals surface area (Å²) >= 11 is 0. The first-order chi connectivity index (χ1) is 13.2. The van der Waals surface area contributed by atoms with Crippen LogP contribution in [0.5, 0.6) is 0 Å². The summed E-state index contributed by atoms with van der Waals surface area (Å²) in [6.45, 7) is 2.23. The van der Waals surface area contributed by atoms with E-state index < -0.39 is 0 Å². The molecule has 2 aliphatic rings. The molecule has 27 heavy (non-hydrogen) atoms. The van der Waals surface area contributed by atoms with E-state index in [0.717, 1.165) is 38.5 Å². The predicted octanol–water partition coefficient (Wildman–Crippen LogP) is 5.89. The van der Waals surface area contributed by atoms with Crippen molar-refractivity contribution in [1.82, 2.24) is 0 Å². The molecule has 1 aliphatic carbocycles. The van der Waals surface area contributed by atoms with E-state index in [9.17, 15) is 9.90 Å². The molecule has 0 aromatic carbocycles. The van der Waals surface area contributed by atoms with Crippen molar-refractivity contribution in [2.75, 3.05) is 0 Å². The number of carbonyl (C=O) groups is 1. The molecule has 3 heteroatoms. The summed E-state index contributed by atoms with van der Waals surface area (Å²) in [5.74, 6) is 0.754. The number of cyclic esters (lactones) is 1. The number of carbonyl (C=O) groups excluding carboxylic acids is 1. The summed E-state index contributed by atoms with van der Waals surface area (Å²) in [4.78, 5) is 11.6. The summed E-state index contributed by atoms with van der Waals surface area (Å²) in [5.41, 5.74) is 0. The van der Waals surface area contributed by atoms with Gasteiger partial charge in [-0.05, 0) is 38.0 Å². The third-order valence-corrected chi connectivity index (χ3v) is 5.82. The molecule has 0 saturated carbocycles. The molecule has 1 saturated heterocycles. The maximum atomic E-state index is 11.6. The standard InChI is InChI=1S/C24H38O3/c1-2-3-4-5-6-7-15-21(25)16-10-8-13-20-14-9-11-17-22(20)23-18-12-19-24(26)27-23/h8-11,13,16,20-23,25H,2-7,12,14-15,17-19H2,1H3. The van der Waals surface area contributed by atoms with Crippen LogP contribution in [-0.2, 0) is 9.53 Å². The number of allylic oxidation sites excluding steroid dienone is 5. The van der Waals surface area contributed by atoms with E-state index >= 15 is 0 Å². The van der Waals surface area contributed by atoms with Crippen molar-refractivity contribution in [3.05, 3.63) is 36.5 Å². The van der Waals surface area contributed by atoms with Crippen LogP contribution in [0.4, 0.5) is 0 Å². The molecule has 0 spiro atoms. The minimum absolute atomic E-state index is 0.0405. The third kappa shape index (κ3) is 8.47. The van der Waals surface area contributed by atoms with Gasteiger partial charge in [0.1, 0.15) is 6.10 Å². The molecule has 0 radical (unpaired) electrons. The Bertz CT molecular complexity index is 506. The zero-order valence-electron chi connectivity index (χ0n) is 17.0. The second kappa shape index (κ2) is 12.9. The largest absolute Gasteiger partial charge is 0.462 e. The molecule has 1 heterocycles. The smallest absolute Gasteiger partial charge is 0.306 e. The number of ether oxygens (including phenoxy) is 1. The van der Waals surface area contributed by atoms with Crippen molar-refractivity contribution >= 4 is 5.97 Å². The highest BCUT2D eigenvalue weighted by atomic mass is 16.5. The van der Waals surface area contributed by atoms with Gasteiger partial charge in [0.2, 0.25) is 0 Å². The van der Waals surface area contributed by atoms with E-state index in [1.165, 1.54) is 32.1 Å². The second-order valence-electron chi connectivity index (χ2n) is 8.08. The number of aliphatic hydroxyl groups excluding tert-OH is 1. The van der Waals surface area contributed by atoms with Crippen molar-refractivity contribution in [1.29, 1.82) is 0 Å². The minimum atomic E-state index is -0.345. The maximum Gasteiger partial charge on any atom is 0.306 e. The Morgan fingerprint density at radius 1 is 1.15 bits per heavy atom. The number of hydrogen-bond acceptors (Lipinski definition) is 3. The molecule has 1 N–H and O–H groups in total. The normalized spacial score (nSPS) is 27.3. The summed E-state index contributed by atoms with van der Waals surface area (Å²) in [6.07, 6.45) is 25.2. The summed E-state index contributed by atoms with van der Waals surface area (Å²) in [7, 11) is 0. The van der Waals surface area contributed by atoms with Gasteiger partial charge in [0.25, 0.3) is 0 Å². The lowest BCUT2D eigenvalue weighted by molar-refractivity contribution is -0.158. The van der Waals surface area contributed by atoms with Crippen LogP contribution in [0.3, 0.4) is 0 Å². The van der Waals surface area contributed by atoms with Gasteiger partial charge >= 0.3 is 5.97 Å². The van der Waals surface area contributed by atoms with Crippen LogP contribution in [0.2, 0.25) is 0 Å². The molecule has 0 aromatic rings. The molecular formula is C24H38O3. The van der Waals surface area contributed by atoms with E-state index in [4.69, 9.17) is 4.74 Å². The molecule has 0 bridgehead atoms. The molecule has 2 rings (SSSR count). The van der Waals surface area contributed by atoms with Gasteiger partial charge in [-0.2, -0.15) is 0 Å². The van der Waals surface area contributed by atoms with E-state index in [1.807, 2.05) is 12.2 Å². The van der Waals surface area contributed by atoms with E-state index in [-0.39, 0.29) is 18.2 Å². The van der Waals surface area contributed by atoms with Crippen LogP contribution in [0, 0.1) is 11.8 Å². The molecule has 152 valence electrons. The van der Waals surface area contributed by atoms with Gasteiger partial charge in [0.05, 0.1) is 6.10 Å². The SMILES string of the molecule is CCCCCCCCC(O)C=CC=CC1CC=CCC1C1CCCC(=O)O1. The zero-order valence-corrected chi connectivity index (χ0v) is 17.0. The van der Waals surface area contributed by atoms with Crippen LogP contribution in [0.25, 0.3) is 0 Å². The molecule has 0 amide bonds. The van der Waals surface area contributed by atoms with Crippen molar-refractivity contribution in [2.24, 2.45) is 11.8 Å².